The van der Waals surface area contributed by atoms with Crippen molar-refractivity contribution < 1.29 is 14.3 Å². The van der Waals surface area contributed by atoms with Crippen LogP contribution >= 0.6 is 11.6 Å². The van der Waals surface area contributed by atoms with Crippen molar-refractivity contribution in [1.29, 1.82) is 0 Å². The van der Waals surface area contributed by atoms with Gasteiger partial charge in [-0.15, -0.1) is 0 Å². The smallest absolute Gasteiger partial charge is 0.317 e. The molecule has 0 bridgehead atoms. The molecule has 1 unspecified atom stereocenters. The molecule has 0 saturated carbocycles. The number of rotatable bonds is 7. The molecule has 0 spiro atoms. The Morgan fingerprint density at radius 3 is 2.76 bits per heavy atom. The number of urea groups is 1. The van der Waals surface area contributed by atoms with Crippen LogP contribution in [0.4, 0.5) is 9.18 Å². The Bertz CT molecular complexity index is 451. The first-order valence-electron chi connectivity index (χ1n) is 7.11. The largest absolute Gasteiger partial charge is 0.395 e. The van der Waals surface area contributed by atoms with Crippen molar-refractivity contribution >= 4 is 17.6 Å². The second kappa shape index (κ2) is 8.85. The molecule has 118 valence electrons. The molecule has 0 aliphatic rings. The summed E-state index contributed by atoms with van der Waals surface area (Å²) in [5, 5.41) is 12.0. The summed E-state index contributed by atoms with van der Waals surface area (Å²) in [5.74, 6) is -0.447. The zero-order valence-corrected chi connectivity index (χ0v) is 13.2. The second-order valence-corrected chi connectivity index (χ2v) is 5.28. The Morgan fingerprint density at radius 1 is 1.48 bits per heavy atom. The van der Waals surface area contributed by atoms with Gasteiger partial charge < -0.3 is 15.3 Å². The maximum atomic E-state index is 13.8. The fourth-order valence-electron chi connectivity index (χ4n) is 2.06. The Morgan fingerprint density at radius 2 is 2.19 bits per heavy atom. The van der Waals surface area contributed by atoms with Gasteiger partial charge in [-0.25, -0.2) is 9.18 Å². The molecule has 0 aliphatic heterocycles. The van der Waals surface area contributed by atoms with Crippen molar-refractivity contribution in [3.05, 3.63) is 34.6 Å². The summed E-state index contributed by atoms with van der Waals surface area (Å²) in [7, 11) is 0. The van der Waals surface area contributed by atoms with E-state index in [9.17, 15) is 9.18 Å². The van der Waals surface area contributed by atoms with E-state index < -0.39 is 11.9 Å². The number of hydrogen-bond donors (Lipinski definition) is 2. The normalized spacial score (nSPS) is 12.0. The lowest BCUT2D eigenvalue weighted by atomic mass is 10.1. The first-order chi connectivity index (χ1) is 10.0. The highest BCUT2D eigenvalue weighted by atomic mass is 35.5. The Balaban J connectivity index is 2.75. The SMILES string of the molecule is CCCCN(CCO)C(=O)NC(C)c1c(F)cccc1Cl. The van der Waals surface area contributed by atoms with E-state index in [1.54, 1.807) is 13.0 Å². The van der Waals surface area contributed by atoms with Crippen LogP contribution in [0.1, 0.15) is 38.3 Å². The minimum absolute atomic E-state index is 0.105. The molecule has 21 heavy (non-hydrogen) atoms. The Labute approximate surface area is 129 Å². The quantitative estimate of drug-likeness (QED) is 0.810. The van der Waals surface area contributed by atoms with Crippen molar-refractivity contribution in [2.45, 2.75) is 32.7 Å². The van der Waals surface area contributed by atoms with Gasteiger partial charge in [0.25, 0.3) is 0 Å². The average molecular weight is 317 g/mol. The summed E-state index contributed by atoms with van der Waals surface area (Å²) < 4.78 is 13.8. The van der Waals surface area contributed by atoms with Gasteiger partial charge in [0.15, 0.2) is 0 Å². The van der Waals surface area contributed by atoms with Crippen LogP contribution in [0.15, 0.2) is 18.2 Å². The number of benzene rings is 1. The number of amides is 2. The molecule has 1 aromatic rings. The number of aliphatic hydroxyl groups excluding tert-OH is 1. The molecule has 2 amide bonds. The Hall–Kier alpha value is -1.33. The monoisotopic (exact) mass is 316 g/mol. The maximum Gasteiger partial charge on any atom is 0.317 e. The molecule has 0 saturated heterocycles. The lowest BCUT2D eigenvalue weighted by Crippen LogP contribution is -2.43. The van der Waals surface area contributed by atoms with E-state index in [0.29, 0.717) is 6.54 Å². The fraction of sp³-hybridized carbons (Fsp3) is 0.533. The van der Waals surface area contributed by atoms with Crippen LogP contribution in [-0.2, 0) is 0 Å². The maximum absolute atomic E-state index is 13.8. The minimum Gasteiger partial charge on any atom is -0.395 e. The molecular weight excluding hydrogens is 295 g/mol. The third-order valence-electron chi connectivity index (χ3n) is 3.21. The van der Waals surface area contributed by atoms with E-state index in [4.69, 9.17) is 16.7 Å². The number of nitrogens with one attached hydrogen (secondary N) is 1. The van der Waals surface area contributed by atoms with Gasteiger partial charge in [0.2, 0.25) is 0 Å². The van der Waals surface area contributed by atoms with Gasteiger partial charge in [-0.3, -0.25) is 0 Å². The summed E-state index contributed by atoms with van der Waals surface area (Å²) in [4.78, 5) is 13.7. The summed E-state index contributed by atoms with van der Waals surface area (Å²) >= 11 is 5.99. The number of aliphatic hydroxyl groups is 1. The van der Waals surface area contributed by atoms with Gasteiger partial charge in [-0.1, -0.05) is 31.0 Å². The lowest BCUT2D eigenvalue weighted by molar-refractivity contribution is 0.173. The number of hydrogen-bond acceptors (Lipinski definition) is 2. The second-order valence-electron chi connectivity index (χ2n) is 4.87. The van der Waals surface area contributed by atoms with Crippen LogP contribution in [0, 0.1) is 5.82 Å². The van der Waals surface area contributed by atoms with Gasteiger partial charge in [0.05, 0.1) is 12.6 Å². The number of carbonyl (C=O) groups is 1. The summed E-state index contributed by atoms with van der Waals surface area (Å²) in [6, 6.07) is 3.55. The van der Waals surface area contributed by atoms with Crippen molar-refractivity contribution in [3.8, 4) is 0 Å². The van der Waals surface area contributed by atoms with E-state index in [2.05, 4.69) is 5.32 Å². The van der Waals surface area contributed by atoms with Gasteiger partial charge >= 0.3 is 6.03 Å². The van der Waals surface area contributed by atoms with Gasteiger partial charge in [0.1, 0.15) is 5.82 Å². The molecule has 4 nitrogen and oxygen atoms in total. The van der Waals surface area contributed by atoms with E-state index in [1.165, 1.54) is 17.0 Å². The number of unbranched alkanes of at least 4 members (excludes halogenated alkanes) is 1. The van der Waals surface area contributed by atoms with Crippen LogP contribution in [0.5, 0.6) is 0 Å². The van der Waals surface area contributed by atoms with E-state index in [-0.39, 0.29) is 29.8 Å². The van der Waals surface area contributed by atoms with E-state index in [0.717, 1.165) is 12.8 Å². The van der Waals surface area contributed by atoms with Gasteiger partial charge in [0, 0.05) is 23.7 Å². The molecule has 0 aliphatic carbocycles. The summed E-state index contributed by atoms with van der Waals surface area (Å²) in [6.45, 7) is 4.41. The molecule has 6 heteroatoms. The number of carbonyl (C=O) groups excluding carboxylic acids is 1. The highest BCUT2D eigenvalue weighted by Gasteiger charge is 2.19. The van der Waals surface area contributed by atoms with Crippen molar-refractivity contribution in [3.63, 3.8) is 0 Å². The fourth-order valence-corrected chi connectivity index (χ4v) is 2.38. The molecule has 0 radical (unpaired) electrons. The third kappa shape index (κ3) is 5.17. The number of halogens is 2. The van der Waals surface area contributed by atoms with Crippen LogP contribution in [0.2, 0.25) is 5.02 Å². The highest BCUT2D eigenvalue weighted by Crippen LogP contribution is 2.25. The topological polar surface area (TPSA) is 52.6 Å². The first kappa shape index (κ1) is 17.7. The zero-order chi connectivity index (χ0) is 15.8. The summed E-state index contributed by atoms with van der Waals surface area (Å²) in [5.41, 5.74) is 0.270. The van der Waals surface area contributed by atoms with Crippen molar-refractivity contribution in [1.82, 2.24) is 10.2 Å². The molecule has 2 N–H and O–H groups in total. The molecule has 1 atom stereocenters. The summed E-state index contributed by atoms with van der Waals surface area (Å²) in [6.07, 6.45) is 1.80. The third-order valence-corrected chi connectivity index (χ3v) is 3.54. The molecule has 0 aromatic heterocycles. The predicted molar refractivity (Wildman–Crippen MR) is 81.9 cm³/mol. The standard InChI is InChI=1S/C15H22ClFN2O2/c1-3-4-8-19(9-10-20)15(21)18-11(2)14-12(16)6-5-7-13(14)17/h5-7,11,20H,3-4,8-10H2,1-2H3,(H,18,21). The zero-order valence-electron chi connectivity index (χ0n) is 12.4. The van der Waals surface area contributed by atoms with E-state index in [1.807, 2.05) is 6.92 Å². The number of nitrogens with zero attached hydrogens (tertiary/aromatic N) is 1. The average Bonchev–Trinajstić information content (AvgIpc) is 2.43. The van der Waals surface area contributed by atoms with Crippen LogP contribution in [-0.4, -0.2) is 35.7 Å². The van der Waals surface area contributed by atoms with E-state index >= 15 is 0 Å². The molecule has 1 rings (SSSR count). The predicted octanol–water partition coefficient (Wildman–Crippen LogP) is 3.34. The molecule has 1 aromatic carbocycles. The highest BCUT2D eigenvalue weighted by molar-refractivity contribution is 6.31. The van der Waals surface area contributed by atoms with Gasteiger partial charge in [-0.05, 0) is 25.5 Å². The molecule has 0 fully saturated rings. The van der Waals surface area contributed by atoms with Crippen molar-refractivity contribution in [2.24, 2.45) is 0 Å². The first-order valence-corrected chi connectivity index (χ1v) is 7.49. The minimum atomic E-state index is -0.547. The Kier molecular flexibility index (Phi) is 7.47. The molecule has 0 heterocycles. The van der Waals surface area contributed by atoms with Crippen LogP contribution < -0.4 is 5.32 Å². The van der Waals surface area contributed by atoms with Gasteiger partial charge in [-0.2, -0.15) is 0 Å². The molecular formula is C15H22ClFN2O2. The van der Waals surface area contributed by atoms with Crippen LogP contribution in [0.25, 0.3) is 0 Å². The van der Waals surface area contributed by atoms with Crippen LogP contribution in [0.3, 0.4) is 0 Å². The van der Waals surface area contributed by atoms with Crippen molar-refractivity contribution in [2.75, 3.05) is 19.7 Å². The lowest BCUT2D eigenvalue weighted by Gasteiger charge is -2.25.